The van der Waals surface area contributed by atoms with Gasteiger partial charge in [0.15, 0.2) is 15.0 Å². The Morgan fingerprint density at radius 3 is 2.41 bits per heavy atom. The summed E-state index contributed by atoms with van der Waals surface area (Å²) in [6.45, 7) is 2.28. The van der Waals surface area contributed by atoms with E-state index in [-0.39, 0.29) is 29.4 Å². The molecular weight excluding hydrogens is 511 g/mol. The maximum Gasteiger partial charge on any atom is 0.229 e. The molecule has 0 bridgehead atoms. The van der Waals surface area contributed by atoms with E-state index in [9.17, 15) is 13.2 Å². The van der Waals surface area contributed by atoms with E-state index in [0.29, 0.717) is 21.7 Å². The first-order valence-corrected chi connectivity index (χ1v) is 13.8. The van der Waals surface area contributed by atoms with Crippen molar-refractivity contribution >= 4 is 65.6 Å². The topological polar surface area (TPSA) is 67.3 Å². The molecule has 176 valence electrons. The van der Waals surface area contributed by atoms with Crippen molar-refractivity contribution in [2.75, 3.05) is 10.7 Å². The summed E-state index contributed by atoms with van der Waals surface area (Å²) < 4.78 is 26.2. The minimum absolute atomic E-state index is 0.0787. The summed E-state index contributed by atoms with van der Waals surface area (Å²) >= 11 is 13.5. The Hall–Kier alpha value is -2.45. The molecule has 3 aromatic carbocycles. The fourth-order valence-electron chi connectivity index (χ4n) is 3.59. The van der Waals surface area contributed by atoms with Crippen LogP contribution >= 0.6 is 34.5 Å². The van der Waals surface area contributed by atoms with Crippen molar-refractivity contribution in [3.8, 4) is 0 Å². The molecule has 1 heterocycles. The lowest BCUT2D eigenvalue weighted by Crippen LogP contribution is -2.30. The molecular formula is C25H22Cl2N2O3S2. The highest BCUT2D eigenvalue weighted by molar-refractivity contribution is 7.91. The Kier molecular flexibility index (Phi) is 7.57. The van der Waals surface area contributed by atoms with Crippen LogP contribution < -0.4 is 4.90 Å². The molecule has 0 spiro atoms. The summed E-state index contributed by atoms with van der Waals surface area (Å²) in [5.41, 5.74) is 2.70. The molecule has 0 N–H and O–H groups in total. The quantitative estimate of drug-likeness (QED) is 0.253. The first-order chi connectivity index (χ1) is 16.2. The van der Waals surface area contributed by atoms with Crippen molar-refractivity contribution in [1.29, 1.82) is 0 Å². The molecule has 1 aromatic heterocycles. The van der Waals surface area contributed by atoms with E-state index in [1.54, 1.807) is 17.0 Å². The molecule has 0 radical (unpaired) electrons. The number of rotatable bonds is 8. The number of carbonyl (C=O) groups is 1. The molecule has 0 saturated carbocycles. The second-order valence-corrected chi connectivity index (χ2v) is 11.9. The number of hydrogen-bond acceptors (Lipinski definition) is 5. The van der Waals surface area contributed by atoms with E-state index in [1.165, 1.54) is 23.5 Å². The van der Waals surface area contributed by atoms with Gasteiger partial charge >= 0.3 is 0 Å². The summed E-state index contributed by atoms with van der Waals surface area (Å²) in [5, 5.41) is 1.65. The van der Waals surface area contributed by atoms with Gasteiger partial charge in [-0.25, -0.2) is 13.4 Å². The lowest BCUT2D eigenvalue weighted by Gasteiger charge is -2.20. The van der Waals surface area contributed by atoms with Crippen LogP contribution in [0.5, 0.6) is 0 Å². The van der Waals surface area contributed by atoms with E-state index in [2.05, 4.69) is 0 Å². The van der Waals surface area contributed by atoms with Crippen LogP contribution in [0.4, 0.5) is 5.13 Å². The van der Waals surface area contributed by atoms with Gasteiger partial charge in [0.2, 0.25) is 5.91 Å². The number of hydrogen-bond donors (Lipinski definition) is 0. The largest absolute Gasteiger partial charge is 0.284 e. The van der Waals surface area contributed by atoms with Gasteiger partial charge in [0.25, 0.3) is 0 Å². The van der Waals surface area contributed by atoms with E-state index in [1.807, 2.05) is 49.4 Å². The molecule has 4 rings (SSSR count). The van der Waals surface area contributed by atoms with Gasteiger partial charge in [-0.15, -0.1) is 0 Å². The summed E-state index contributed by atoms with van der Waals surface area (Å²) in [6.07, 6.45) is 0.278. The van der Waals surface area contributed by atoms with E-state index in [0.717, 1.165) is 21.3 Å². The van der Waals surface area contributed by atoms with Crippen molar-refractivity contribution in [1.82, 2.24) is 4.98 Å². The molecule has 0 aliphatic carbocycles. The van der Waals surface area contributed by atoms with Crippen molar-refractivity contribution in [2.45, 2.75) is 31.2 Å². The average molecular weight is 534 g/mol. The minimum atomic E-state index is -3.51. The molecule has 0 aliphatic rings. The SMILES string of the molecule is Cc1cc(Cl)cc2sc(N(Cc3ccccc3)C(=O)CCCS(=O)(=O)c3ccc(Cl)cc3)nc12. The van der Waals surface area contributed by atoms with Crippen LogP contribution in [-0.2, 0) is 21.2 Å². The highest BCUT2D eigenvalue weighted by Crippen LogP contribution is 2.34. The first-order valence-electron chi connectivity index (χ1n) is 10.6. The third-order valence-corrected chi connectivity index (χ3v) is 8.64. The van der Waals surface area contributed by atoms with Crippen molar-refractivity contribution in [3.63, 3.8) is 0 Å². The van der Waals surface area contributed by atoms with Gasteiger partial charge in [-0.05, 0) is 60.9 Å². The molecule has 0 aliphatic heterocycles. The Morgan fingerprint density at radius 1 is 1.00 bits per heavy atom. The number of thiazole rings is 1. The number of fused-ring (bicyclic) bond motifs is 1. The lowest BCUT2D eigenvalue weighted by atomic mass is 10.2. The van der Waals surface area contributed by atoms with Gasteiger partial charge < -0.3 is 0 Å². The number of sulfone groups is 1. The zero-order valence-corrected chi connectivity index (χ0v) is 21.5. The highest BCUT2D eigenvalue weighted by Gasteiger charge is 2.22. The molecule has 4 aromatic rings. The fraction of sp³-hybridized carbons (Fsp3) is 0.200. The van der Waals surface area contributed by atoms with Crippen LogP contribution in [0.2, 0.25) is 10.0 Å². The van der Waals surface area contributed by atoms with E-state index < -0.39 is 9.84 Å². The molecule has 9 heteroatoms. The van der Waals surface area contributed by atoms with E-state index in [4.69, 9.17) is 28.2 Å². The number of halogens is 2. The van der Waals surface area contributed by atoms with Crippen LogP contribution in [0.15, 0.2) is 71.6 Å². The van der Waals surface area contributed by atoms with Crippen molar-refractivity contribution in [3.05, 3.63) is 87.9 Å². The van der Waals surface area contributed by atoms with Crippen LogP contribution in [0, 0.1) is 6.92 Å². The maximum atomic E-state index is 13.3. The van der Waals surface area contributed by atoms with Crippen molar-refractivity contribution < 1.29 is 13.2 Å². The molecule has 0 fully saturated rings. The summed E-state index contributed by atoms with van der Waals surface area (Å²) in [5.74, 6) is -0.313. The first kappa shape index (κ1) is 24.7. The molecule has 0 saturated heterocycles. The number of amides is 1. The average Bonchev–Trinajstić information content (AvgIpc) is 3.22. The number of aryl methyl sites for hydroxylation is 1. The predicted octanol–water partition coefficient (Wildman–Crippen LogP) is 6.70. The van der Waals surface area contributed by atoms with Gasteiger partial charge in [0, 0.05) is 16.5 Å². The fourth-order valence-corrected chi connectivity index (χ4v) is 6.47. The number of nitrogens with zero attached hydrogens (tertiary/aromatic N) is 2. The smallest absolute Gasteiger partial charge is 0.229 e. The minimum Gasteiger partial charge on any atom is -0.284 e. The maximum absolute atomic E-state index is 13.3. The van der Waals surface area contributed by atoms with Crippen LogP contribution in [-0.4, -0.2) is 25.1 Å². The third kappa shape index (κ3) is 5.78. The molecule has 5 nitrogen and oxygen atoms in total. The second kappa shape index (κ2) is 10.4. The van der Waals surface area contributed by atoms with Crippen LogP contribution in [0.25, 0.3) is 10.2 Å². The zero-order chi connectivity index (χ0) is 24.3. The van der Waals surface area contributed by atoms with Gasteiger partial charge in [0.1, 0.15) is 0 Å². The van der Waals surface area contributed by atoms with Gasteiger partial charge in [-0.3, -0.25) is 9.69 Å². The summed E-state index contributed by atoms with van der Waals surface area (Å²) in [7, 11) is -3.51. The second-order valence-electron chi connectivity index (χ2n) is 7.91. The van der Waals surface area contributed by atoms with Crippen LogP contribution in [0.3, 0.4) is 0 Å². The zero-order valence-electron chi connectivity index (χ0n) is 18.4. The highest BCUT2D eigenvalue weighted by atomic mass is 35.5. The molecule has 0 unspecified atom stereocenters. The Bertz CT molecular complexity index is 1420. The Balaban J connectivity index is 1.55. The van der Waals surface area contributed by atoms with E-state index >= 15 is 0 Å². The van der Waals surface area contributed by atoms with Gasteiger partial charge in [-0.1, -0.05) is 64.9 Å². The number of aromatic nitrogens is 1. The molecule has 0 atom stereocenters. The predicted molar refractivity (Wildman–Crippen MR) is 140 cm³/mol. The number of benzene rings is 3. The Morgan fingerprint density at radius 2 is 1.71 bits per heavy atom. The number of carbonyl (C=O) groups excluding carboxylic acids is 1. The lowest BCUT2D eigenvalue weighted by molar-refractivity contribution is -0.118. The monoisotopic (exact) mass is 532 g/mol. The molecule has 34 heavy (non-hydrogen) atoms. The normalized spacial score (nSPS) is 11.6. The van der Waals surface area contributed by atoms with Crippen molar-refractivity contribution in [2.24, 2.45) is 0 Å². The van der Waals surface area contributed by atoms with Gasteiger partial charge in [0.05, 0.1) is 27.4 Å². The van der Waals surface area contributed by atoms with Crippen LogP contribution in [0.1, 0.15) is 24.0 Å². The standard InChI is InChI=1S/C25H22Cl2N2O3S2/c1-17-14-20(27)15-22-24(17)28-25(33-22)29(16-18-6-3-2-4-7-18)23(30)8-5-13-34(31,32)21-11-9-19(26)10-12-21/h2-4,6-7,9-12,14-15H,5,8,13,16H2,1H3. The number of anilines is 1. The third-order valence-electron chi connectivity index (χ3n) is 5.33. The summed E-state index contributed by atoms with van der Waals surface area (Å²) in [4.78, 5) is 19.8. The molecule has 1 amide bonds. The Labute approximate surface area is 212 Å². The summed E-state index contributed by atoms with van der Waals surface area (Å²) in [6, 6.07) is 19.4. The van der Waals surface area contributed by atoms with Gasteiger partial charge in [-0.2, -0.15) is 0 Å².